The molecule has 6 heteroatoms. The minimum atomic E-state index is -3.30. The molecule has 0 heterocycles. The van der Waals surface area contributed by atoms with Crippen LogP contribution in [0, 0.1) is 0 Å². The predicted molar refractivity (Wildman–Crippen MR) is 148 cm³/mol. The maximum atomic E-state index is 13.3. The van der Waals surface area contributed by atoms with Crippen LogP contribution in [0.3, 0.4) is 0 Å². The number of para-hydroxylation sites is 1. The van der Waals surface area contributed by atoms with Crippen LogP contribution in [0.25, 0.3) is 0 Å². The van der Waals surface area contributed by atoms with Crippen molar-refractivity contribution in [2.75, 3.05) is 0 Å². The minimum Gasteiger partial charge on any atom is -0.783 e. The third-order valence-electron chi connectivity index (χ3n) is 5.96. The van der Waals surface area contributed by atoms with E-state index in [1.54, 1.807) is 0 Å². The summed E-state index contributed by atoms with van der Waals surface area (Å²) in [6.45, 7) is 4.49. The van der Waals surface area contributed by atoms with E-state index in [1.165, 1.54) is 81.2 Å². The van der Waals surface area contributed by atoms with Gasteiger partial charge in [0.1, 0.15) is 11.4 Å². The van der Waals surface area contributed by atoms with Crippen molar-refractivity contribution in [2.24, 2.45) is 0 Å². The van der Waals surface area contributed by atoms with Gasteiger partial charge in [0.2, 0.25) is 0 Å². The Bertz CT molecular complexity index is 781. The molecule has 0 bridgehead atoms. The molecule has 0 saturated carbocycles. The van der Waals surface area contributed by atoms with Crippen LogP contribution >= 0.6 is 17.1 Å². The van der Waals surface area contributed by atoms with Crippen molar-refractivity contribution in [3.63, 3.8) is 0 Å². The van der Waals surface area contributed by atoms with Crippen molar-refractivity contribution in [2.45, 2.75) is 109 Å². The molecule has 0 N–H and O–H groups in total. The van der Waals surface area contributed by atoms with E-state index in [0.717, 1.165) is 36.1 Å². The van der Waals surface area contributed by atoms with Crippen LogP contribution in [0.15, 0.2) is 53.4 Å². The van der Waals surface area contributed by atoms with Crippen LogP contribution in [-0.4, -0.2) is 0 Å². The molecule has 1 atom stereocenters. The van der Waals surface area contributed by atoms with E-state index in [2.05, 4.69) is 32.0 Å². The number of benzene rings is 2. The summed E-state index contributed by atoms with van der Waals surface area (Å²) in [7, 11) is 0. The molecule has 0 aromatic heterocycles. The van der Waals surface area contributed by atoms with E-state index in [9.17, 15) is 4.89 Å². The SMILES string of the molecule is CCCCCCCCc1ccccc1OP([O-])(=S)Sc1ccccc1CCCCCCCC.[Zn]. The van der Waals surface area contributed by atoms with Gasteiger partial charge in [-0.05, 0) is 48.9 Å². The van der Waals surface area contributed by atoms with E-state index in [1.807, 2.05) is 30.3 Å². The summed E-state index contributed by atoms with van der Waals surface area (Å²) >= 11 is 6.72. The molecule has 0 aliphatic heterocycles. The second-order valence-electron chi connectivity index (χ2n) is 8.88. The van der Waals surface area contributed by atoms with Gasteiger partial charge in [0, 0.05) is 24.4 Å². The molecule has 0 amide bonds. The molecular weight excluding hydrogens is 529 g/mol. The molecule has 34 heavy (non-hydrogen) atoms. The van der Waals surface area contributed by atoms with Crippen LogP contribution in [0.4, 0.5) is 0 Å². The maximum Gasteiger partial charge on any atom is 0.126 e. The van der Waals surface area contributed by atoms with Crippen LogP contribution in [0.1, 0.15) is 102 Å². The van der Waals surface area contributed by atoms with Gasteiger partial charge in [0.15, 0.2) is 0 Å². The number of hydrogen-bond donors (Lipinski definition) is 0. The molecule has 0 fully saturated rings. The van der Waals surface area contributed by atoms with E-state index < -0.39 is 5.69 Å². The molecule has 2 aromatic rings. The van der Waals surface area contributed by atoms with Gasteiger partial charge in [0.25, 0.3) is 0 Å². The third kappa shape index (κ3) is 13.2. The summed E-state index contributed by atoms with van der Waals surface area (Å²) in [6.07, 6.45) is 17.1. The Morgan fingerprint density at radius 1 is 0.706 bits per heavy atom. The van der Waals surface area contributed by atoms with E-state index in [-0.39, 0.29) is 19.5 Å². The minimum absolute atomic E-state index is 0. The predicted octanol–water partition coefficient (Wildman–Crippen LogP) is 9.25. The van der Waals surface area contributed by atoms with Gasteiger partial charge in [-0.3, -0.25) is 0 Å². The zero-order valence-electron chi connectivity index (χ0n) is 21.3. The average Bonchev–Trinajstić information content (AvgIpc) is 2.80. The third-order valence-corrected chi connectivity index (χ3v) is 9.58. The smallest absolute Gasteiger partial charge is 0.126 e. The first-order chi connectivity index (χ1) is 16.1. The van der Waals surface area contributed by atoms with Crippen molar-refractivity contribution in [3.05, 3.63) is 59.7 Å². The molecule has 0 radical (unpaired) electrons. The maximum absolute atomic E-state index is 13.3. The molecule has 0 aliphatic carbocycles. The molecule has 1 unspecified atom stereocenters. The fourth-order valence-electron chi connectivity index (χ4n) is 4.05. The number of hydrogen-bond acceptors (Lipinski definition) is 4. The first-order valence-corrected chi connectivity index (χ1v) is 17.0. The van der Waals surface area contributed by atoms with Crippen molar-refractivity contribution in [1.29, 1.82) is 0 Å². The largest absolute Gasteiger partial charge is 0.783 e. The molecule has 2 rings (SSSR count). The van der Waals surface area contributed by atoms with Gasteiger partial charge in [-0.15, -0.1) is 0 Å². The van der Waals surface area contributed by atoms with Crippen LogP contribution in [-0.2, 0) is 44.1 Å². The summed E-state index contributed by atoms with van der Waals surface area (Å²) in [5.41, 5.74) is -0.959. The second-order valence-corrected chi connectivity index (χ2v) is 14.7. The quantitative estimate of drug-likeness (QED) is 0.102. The Morgan fingerprint density at radius 2 is 1.18 bits per heavy atom. The first-order valence-electron chi connectivity index (χ1n) is 12.9. The first kappa shape index (κ1) is 31.9. The molecule has 2 nitrogen and oxygen atoms in total. The summed E-state index contributed by atoms with van der Waals surface area (Å²) in [6, 6.07) is 16.2. The Morgan fingerprint density at radius 3 is 1.79 bits per heavy atom. The number of unbranched alkanes of at least 4 members (excludes halogenated alkanes) is 10. The summed E-state index contributed by atoms with van der Waals surface area (Å²) in [4.78, 5) is 14.3. The van der Waals surface area contributed by atoms with Gasteiger partial charge in [-0.25, -0.2) is 0 Å². The van der Waals surface area contributed by atoms with Crippen molar-refractivity contribution >= 4 is 28.9 Å². The van der Waals surface area contributed by atoms with Gasteiger partial charge >= 0.3 is 0 Å². The second kappa shape index (κ2) is 19.0. The Labute approximate surface area is 230 Å². The zero-order valence-corrected chi connectivity index (χ0v) is 26.8. The van der Waals surface area contributed by atoms with Crippen molar-refractivity contribution in [1.82, 2.24) is 0 Å². The Hall–Kier alpha value is -0.177. The summed E-state index contributed by atoms with van der Waals surface area (Å²) in [5, 5.41) is 0. The van der Waals surface area contributed by atoms with E-state index in [0.29, 0.717) is 5.75 Å². The molecule has 0 saturated heterocycles. The molecule has 0 spiro atoms. The number of rotatable bonds is 18. The fourth-order valence-corrected chi connectivity index (χ4v) is 7.75. The molecule has 2 aromatic carbocycles. The van der Waals surface area contributed by atoms with Gasteiger partial charge in [-0.2, -0.15) is 0 Å². The van der Waals surface area contributed by atoms with Crippen LogP contribution < -0.4 is 9.42 Å². The molecule has 0 aliphatic rings. The topological polar surface area (TPSA) is 32.3 Å². The van der Waals surface area contributed by atoms with Crippen molar-refractivity contribution in [3.8, 4) is 5.75 Å². The molecular formula is C28H42O2PS2Zn-. The van der Waals surface area contributed by atoms with Crippen LogP contribution in [0.5, 0.6) is 5.75 Å². The van der Waals surface area contributed by atoms with Gasteiger partial charge in [0.05, 0.1) is 0 Å². The van der Waals surface area contributed by atoms with Gasteiger partial charge in [-0.1, -0.05) is 138 Å². The number of aryl methyl sites for hydroxylation is 2. The zero-order chi connectivity index (χ0) is 23.8. The van der Waals surface area contributed by atoms with E-state index in [4.69, 9.17) is 16.3 Å². The average molecular weight is 571 g/mol. The van der Waals surface area contributed by atoms with E-state index >= 15 is 0 Å². The summed E-state index contributed by atoms with van der Waals surface area (Å²) in [5.74, 6) is 0.685. The van der Waals surface area contributed by atoms with Crippen LogP contribution in [0.2, 0.25) is 0 Å². The van der Waals surface area contributed by atoms with Crippen molar-refractivity contribution < 1.29 is 28.9 Å². The Balaban J connectivity index is 0.00000578. The Kier molecular flexibility index (Phi) is 17.8. The normalized spacial score (nSPS) is 12.7. The standard InChI is InChI=1S/C28H43O2PS2.Zn/c1-3-5-7-9-11-13-19-25-20-15-17-23-27(25)30-31(29,32)33-28-24-18-16-22-26(28)21-14-12-10-8-6-4-2;/h15-18,20,22-24H,3-14,19,21H2,1-2H3,(H,29,32);/p-1. The monoisotopic (exact) mass is 569 g/mol. The molecule has 186 valence electrons. The fraction of sp³-hybridized carbons (Fsp3) is 0.571. The van der Waals surface area contributed by atoms with Gasteiger partial charge < -0.3 is 9.42 Å². The summed E-state index contributed by atoms with van der Waals surface area (Å²) < 4.78 is 5.99.